The summed E-state index contributed by atoms with van der Waals surface area (Å²) in [5.74, 6) is 1.67. The van der Waals surface area contributed by atoms with Gasteiger partial charge in [-0.3, -0.25) is 4.90 Å². The van der Waals surface area contributed by atoms with Crippen LogP contribution >= 0.6 is 0 Å². The number of hydrogen-bond donors (Lipinski definition) is 0. The highest BCUT2D eigenvalue weighted by Crippen LogP contribution is 2.22. The maximum Gasteiger partial charge on any atom is 0.213 e. The molecule has 7 heteroatoms. The van der Waals surface area contributed by atoms with Crippen molar-refractivity contribution in [3.63, 3.8) is 0 Å². The number of ether oxygens (including phenoxy) is 1. The van der Waals surface area contributed by atoms with Gasteiger partial charge in [0.15, 0.2) is 5.82 Å². The molecular formula is C18H22N6O. The Morgan fingerprint density at radius 3 is 2.96 bits per heavy atom. The van der Waals surface area contributed by atoms with Crippen LogP contribution in [-0.2, 0) is 6.54 Å². The zero-order valence-corrected chi connectivity index (χ0v) is 14.5. The van der Waals surface area contributed by atoms with Gasteiger partial charge in [-0.1, -0.05) is 6.07 Å². The van der Waals surface area contributed by atoms with Gasteiger partial charge in [-0.2, -0.15) is 5.10 Å². The molecule has 1 aliphatic heterocycles. The first-order valence-electron chi connectivity index (χ1n) is 8.52. The summed E-state index contributed by atoms with van der Waals surface area (Å²) in [5, 5.41) is 4.30. The van der Waals surface area contributed by atoms with E-state index in [2.05, 4.69) is 37.9 Å². The second-order valence-corrected chi connectivity index (χ2v) is 6.35. The molecular weight excluding hydrogens is 316 g/mol. The Bertz CT molecular complexity index is 863. The van der Waals surface area contributed by atoms with E-state index < -0.39 is 0 Å². The Kier molecular flexibility index (Phi) is 4.23. The standard InChI is InChI=1S/C18H22N6O/c1-14-12-23(18-16-6-7-20-24(16)9-8-19-18)11-10-22(14)13-15-4-3-5-17(21-15)25-2/h3-9,14H,10-13H2,1-2H3. The van der Waals surface area contributed by atoms with E-state index in [9.17, 15) is 0 Å². The van der Waals surface area contributed by atoms with Crippen molar-refractivity contribution in [2.45, 2.75) is 19.5 Å². The fourth-order valence-electron chi connectivity index (χ4n) is 3.38. The molecule has 7 nitrogen and oxygen atoms in total. The van der Waals surface area contributed by atoms with E-state index in [1.807, 2.05) is 41.3 Å². The molecule has 25 heavy (non-hydrogen) atoms. The third kappa shape index (κ3) is 3.15. The zero-order chi connectivity index (χ0) is 17.2. The predicted octanol–water partition coefficient (Wildman–Crippen LogP) is 1.84. The smallest absolute Gasteiger partial charge is 0.213 e. The van der Waals surface area contributed by atoms with Crippen LogP contribution < -0.4 is 9.64 Å². The minimum absolute atomic E-state index is 0.409. The summed E-state index contributed by atoms with van der Waals surface area (Å²) in [4.78, 5) is 13.9. The number of rotatable bonds is 4. The van der Waals surface area contributed by atoms with Crippen LogP contribution in [0, 0.1) is 0 Å². The van der Waals surface area contributed by atoms with Crippen LogP contribution in [-0.4, -0.2) is 57.3 Å². The summed E-state index contributed by atoms with van der Waals surface area (Å²) in [6.07, 6.45) is 5.51. The number of anilines is 1. The fourth-order valence-corrected chi connectivity index (χ4v) is 3.38. The van der Waals surface area contributed by atoms with Gasteiger partial charge < -0.3 is 9.64 Å². The molecule has 1 atom stereocenters. The molecule has 0 N–H and O–H groups in total. The van der Waals surface area contributed by atoms with Gasteiger partial charge in [-0.05, 0) is 19.1 Å². The van der Waals surface area contributed by atoms with Crippen LogP contribution in [0.2, 0.25) is 0 Å². The van der Waals surface area contributed by atoms with E-state index in [-0.39, 0.29) is 0 Å². The maximum absolute atomic E-state index is 5.22. The lowest BCUT2D eigenvalue weighted by atomic mass is 10.1. The molecule has 0 amide bonds. The van der Waals surface area contributed by atoms with Crippen molar-refractivity contribution in [1.29, 1.82) is 0 Å². The van der Waals surface area contributed by atoms with Crippen LogP contribution in [0.15, 0.2) is 42.9 Å². The number of nitrogens with zero attached hydrogens (tertiary/aromatic N) is 6. The topological polar surface area (TPSA) is 58.8 Å². The Morgan fingerprint density at radius 2 is 2.12 bits per heavy atom. The number of piperazine rings is 1. The van der Waals surface area contributed by atoms with E-state index >= 15 is 0 Å². The van der Waals surface area contributed by atoms with Crippen LogP contribution in [0.1, 0.15) is 12.6 Å². The van der Waals surface area contributed by atoms with Crippen molar-refractivity contribution in [2.24, 2.45) is 0 Å². The summed E-state index contributed by atoms with van der Waals surface area (Å²) in [5.41, 5.74) is 2.09. The third-order valence-electron chi connectivity index (χ3n) is 4.72. The number of pyridine rings is 1. The minimum Gasteiger partial charge on any atom is -0.481 e. The molecule has 0 saturated carbocycles. The molecule has 0 aromatic carbocycles. The first kappa shape index (κ1) is 15.8. The van der Waals surface area contributed by atoms with E-state index in [1.165, 1.54) is 0 Å². The second kappa shape index (κ2) is 6.68. The van der Waals surface area contributed by atoms with Gasteiger partial charge in [-0.25, -0.2) is 14.5 Å². The first-order valence-corrected chi connectivity index (χ1v) is 8.52. The lowest BCUT2D eigenvalue weighted by Crippen LogP contribution is -2.51. The Hall–Kier alpha value is -2.67. The summed E-state index contributed by atoms with van der Waals surface area (Å²) < 4.78 is 7.10. The van der Waals surface area contributed by atoms with Crippen molar-refractivity contribution in [3.8, 4) is 5.88 Å². The highest BCUT2D eigenvalue weighted by atomic mass is 16.5. The normalized spacial score (nSPS) is 18.6. The van der Waals surface area contributed by atoms with Crippen molar-refractivity contribution in [1.82, 2.24) is 24.5 Å². The lowest BCUT2D eigenvalue weighted by molar-refractivity contribution is 0.178. The average molecular weight is 338 g/mol. The van der Waals surface area contributed by atoms with Crippen LogP contribution in [0.4, 0.5) is 5.82 Å². The number of methoxy groups -OCH3 is 1. The third-order valence-corrected chi connectivity index (χ3v) is 4.72. The molecule has 0 bridgehead atoms. The molecule has 0 spiro atoms. The number of aromatic nitrogens is 4. The summed E-state index contributed by atoms with van der Waals surface area (Å²) in [6, 6.07) is 8.34. The summed E-state index contributed by atoms with van der Waals surface area (Å²) >= 11 is 0. The minimum atomic E-state index is 0.409. The van der Waals surface area contributed by atoms with E-state index in [1.54, 1.807) is 7.11 Å². The van der Waals surface area contributed by atoms with Crippen molar-refractivity contribution < 1.29 is 4.74 Å². The monoisotopic (exact) mass is 338 g/mol. The van der Waals surface area contributed by atoms with Crippen LogP contribution in [0.3, 0.4) is 0 Å². The lowest BCUT2D eigenvalue weighted by Gasteiger charge is -2.40. The van der Waals surface area contributed by atoms with Crippen LogP contribution in [0.25, 0.3) is 5.52 Å². The molecule has 4 rings (SSSR count). The quantitative estimate of drug-likeness (QED) is 0.723. The molecule has 130 valence electrons. The van der Waals surface area contributed by atoms with Gasteiger partial charge >= 0.3 is 0 Å². The molecule has 4 heterocycles. The highest BCUT2D eigenvalue weighted by molar-refractivity contribution is 5.68. The molecule has 1 unspecified atom stereocenters. The number of fused-ring (bicyclic) bond motifs is 1. The Balaban J connectivity index is 1.47. The Labute approximate surface area is 146 Å². The predicted molar refractivity (Wildman–Crippen MR) is 95.9 cm³/mol. The van der Waals surface area contributed by atoms with Crippen molar-refractivity contribution >= 4 is 11.3 Å². The molecule has 0 aliphatic carbocycles. The fraction of sp³-hybridized carbons (Fsp3) is 0.389. The van der Waals surface area contributed by atoms with Crippen LogP contribution in [0.5, 0.6) is 5.88 Å². The SMILES string of the molecule is COc1cccc(CN2CCN(c3nccn4nccc34)CC2C)n1. The maximum atomic E-state index is 5.22. The summed E-state index contributed by atoms with van der Waals surface area (Å²) in [7, 11) is 1.65. The Morgan fingerprint density at radius 1 is 1.20 bits per heavy atom. The molecule has 3 aromatic heterocycles. The van der Waals surface area contributed by atoms with Gasteiger partial charge in [0.25, 0.3) is 0 Å². The van der Waals surface area contributed by atoms with Gasteiger partial charge in [0.05, 0.1) is 19.0 Å². The second-order valence-electron chi connectivity index (χ2n) is 6.35. The van der Waals surface area contributed by atoms with Crippen molar-refractivity contribution in [3.05, 3.63) is 48.5 Å². The van der Waals surface area contributed by atoms with Gasteiger partial charge in [-0.15, -0.1) is 0 Å². The van der Waals surface area contributed by atoms with E-state index in [4.69, 9.17) is 4.74 Å². The number of hydrogen-bond acceptors (Lipinski definition) is 6. The van der Waals surface area contributed by atoms with E-state index in [0.717, 1.165) is 43.2 Å². The van der Waals surface area contributed by atoms with Gasteiger partial charge in [0.2, 0.25) is 5.88 Å². The molecule has 1 saturated heterocycles. The molecule has 0 radical (unpaired) electrons. The first-order chi connectivity index (χ1) is 12.2. The van der Waals surface area contributed by atoms with Crippen molar-refractivity contribution in [2.75, 3.05) is 31.6 Å². The average Bonchev–Trinajstić information content (AvgIpc) is 3.12. The van der Waals surface area contributed by atoms with E-state index in [0.29, 0.717) is 11.9 Å². The molecule has 1 aliphatic rings. The molecule has 1 fully saturated rings. The zero-order valence-electron chi connectivity index (χ0n) is 14.5. The van der Waals surface area contributed by atoms with Gasteiger partial charge in [0, 0.05) is 50.7 Å². The largest absolute Gasteiger partial charge is 0.481 e. The highest BCUT2D eigenvalue weighted by Gasteiger charge is 2.26. The molecule has 3 aromatic rings. The summed E-state index contributed by atoms with van der Waals surface area (Å²) in [6.45, 7) is 5.92. The van der Waals surface area contributed by atoms with Gasteiger partial charge in [0.1, 0.15) is 5.52 Å².